The first-order chi connectivity index (χ1) is 29.5. The van der Waals surface area contributed by atoms with Crippen molar-refractivity contribution in [1.82, 2.24) is 14.5 Å². The highest BCUT2D eigenvalue weighted by atomic mass is 16.5. The Morgan fingerprint density at radius 3 is 1.77 bits per heavy atom. The summed E-state index contributed by atoms with van der Waals surface area (Å²) in [6, 6.07) is 69.0. The molecule has 0 atom stereocenters. The summed E-state index contributed by atoms with van der Waals surface area (Å²) in [6.45, 7) is 4.70. The van der Waals surface area contributed by atoms with Crippen LogP contribution in [0, 0.1) is 0 Å². The molecule has 4 nitrogen and oxygen atoms in total. The second-order valence-electron chi connectivity index (χ2n) is 16.1. The van der Waals surface area contributed by atoms with Crippen LogP contribution in [0.15, 0.2) is 194 Å². The summed E-state index contributed by atoms with van der Waals surface area (Å²) in [4.78, 5) is 10.2. The molecular weight excluding hydrogens is 731 g/mol. The summed E-state index contributed by atoms with van der Waals surface area (Å²) >= 11 is 0. The first kappa shape index (κ1) is 35.6. The minimum absolute atomic E-state index is 0.0911. The van der Waals surface area contributed by atoms with Crippen molar-refractivity contribution in [3.63, 3.8) is 0 Å². The highest BCUT2D eigenvalue weighted by Gasteiger charge is 2.37. The third-order valence-electron chi connectivity index (χ3n) is 12.3. The third kappa shape index (κ3) is 5.75. The minimum Gasteiger partial charge on any atom is -0.496 e. The largest absolute Gasteiger partial charge is 0.496 e. The predicted molar refractivity (Wildman–Crippen MR) is 248 cm³/mol. The maximum Gasteiger partial charge on any atom is 0.160 e. The molecule has 0 spiro atoms. The standard InChI is InChI=1S/C56H41N3O/c1-56(2)47-24-11-10-21-44(47)45-23-13-22-43(54(45)56)36-27-30-42(31-28-36)59-50-32-29-40(34-46(50)53-51(59)25-14-26-52(53)60-3)39-19-12-20-41(33-39)55-57-48(37-15-6-4-7-16-37)35-49(58-55)38-17-8-5-9-18-38/h4-35H,1-3H3. The number of aromatic nitrogens is 3. The zero-order valence-electron chi connectivity index (χ0n) is 33.7. The molecule has 11 rings (SSSR count). The molecule has 0 saturated heterocycles. The van der Waals surface area contributed by atoms with Crippen LogP contribution in [0.3, 0.4) is 0 Å². The van der Waals surface area contributed by atoms with E-state index in [9.17, 15) is 0 Å². The fraction of sp³-hybridized carbons (Fsp3) is 0.0714. The molecule has 0 fully saturated rings. The van der Waals surface area contributed by atoms with E-state index < -0.39 is 0 Å². The van der Waals surface area contributed by atoms with Crippen molar-refractivity contribution in [2.45, 2.75) is 19.3 Å². The van der Waals surface area contributed by atoms with Crippen LogP contribution in [0.25, 0.3) is 94.8 Å². The average molecular weight is 772 g/mol. The summed E-state index contributed by atoms with van der Waals surface area (Å²) in [7, 11) is 1.76. The van der Waals surface area contributed by atoms with Crippen LogP contribution >= 0.6 is 0 Å². The molecule has 4 heteroatoms. The van der Waals surface area contributed by atoms with Crippen molar-refractivity contribution in [1.29, 1.82) is 0 Å². The van der Waals surface area contributed by atoms with Gasteiger partial charge >= 0.3 is 0 Å². The molecule has 2 heterocycles. The fourth-order valence-electron chi connectivity index (χ4n) is 9.47. The van der Waals surface area contributed by atoms with Crippen molar-refractivity contribution < 1.29 is 4.74 Å². The van der Waals surface area contributed by atoms with Crippen molar-refractivity contribution >= 4 is 21.8 Å². The van der Waals surface area contributed by atoms with Crippen LogP contribution in [-0.2, 0) is 5.41 Å². The molecular formula is C56H41N3O. The lowest BCUT2D eigenvalue weighted by molar-refractivity contribution is 0.420. The van der Waals surface area contributed by atoms with E-state index in [1.54, 1.807) is 7.11 Å². The summed E-state index contributed by atoms with van der Waals surface area (Å²) < 4.78 is 8.40. The Labute approximate surface area is 350 Å². The van der Waals surface area contributed by atoms with Crippen molar-refractivity contribution in [3.8, 4) is 78.7 Å². The van der Waals surface area contributed by atoms with Gasteiger partial charge in [-0.05, 0) is 93.0 Å². The highest BCUT2D eigenvalue weighted by Crippen LogP contribution is 2.52. The van der Waals surface area contributed by atoms with Crippen LogP contribution in [0.1, 0.15) is 25.0 Å². The van der Waals surface area contributed by atoms with Crippen LogP contribution < -0.4 is 4.74 Å². The molecule has 0 saturated carbocycles. The maximum absolute atomic E-state index is 6.04. The monoisotopic (exact) mass is 771 g/mol. The van der Waals surface area contributed by atoms with E-state index in [4.69, 9.17) is 14.7 Å². The van der Waals surface area contributed by atoms with Crippen molar-refractivity contribution in [3.05, 3.63) is 205 Å². The quantitative estimate of drug-likeness (QED) is 0.162. The Hall–Kier alpha value is -7.56. The van der Waals surface area contributed by atoms with E-state index in [0.29, 0.717) is 5.82 Å². The Morgan fingerprint density at radius 1 is 0.450 bits per heavy atom. The third-order valence-corrected chi connectivity index (χ3v) is 12.3. The molecule has 0 bridgehead atoms. The first-order valence-electron chi connectivity index (χ1n) is 20.5. The smallest absolute Gasteiger partial charge is 0.160 e. The van der Waals surface area contributed by atoms with Crippen LogP contribution in [0.4, 0.5) is 0 Å². The van der Waals surface area contributed by atoms with E-state index in [0.717, 1.165) is 72.4 Å². The van der Waals surface area contributed by atoms with E-state index in [1.807, 2.05) is 36.4 Å². The van der Waals surface area contributed by atoms with Gasteiger partial charge in [-0.1, -0.05) is 159 Å². The van der Waals surface area contributed by atoms with Gasteiger partial charge in [-0.2, -0.15) is 0 Å². The second kappa shape index (κ2) is 14.1. The van der Waals surface area contributed by atoms with E-state index >= 15 is 0 Å². The van der Waals surface area contributed by atoms with Crippen molar-refractivity contribution in [2.24, 2.45) is 0 Å². The van der Waals surface area contributed by atoms with Crippen LogP contribution in [-0.4, -0.2) is 21.6 Å². The Kier molecular flexibility index (Phi) is 8.35. The van der Waals surface area contributed by atoms with Gasteiger partial charge < -0.3 is 9.30 Å². The molecule has 1 aliphatic carbocycles. The molecule has 2 aromatic heterocycles. The Balaban J connectivity index is 1.01. The van der Waals surface area contributed by atoms with Gasteiger partial charge in [0.05, 0.1) is 29.5 Å². The van der Waals surface area contributed by atoms with E-state index in [2.05, 4.69) is 176 Å². The van der Waals surface area contributed by atoms with Gasteiger partial charge in [-0.25, -0.2) is 9.97 Å². The highest BCUT2D eigenvalue weighted by molar-refractivity contribution is 6.13. The molecule has 0 amide bonds. The summed E-state index contributed by atoms with van der Waals surface area (Å²) in [5, 5.41) is 2.22. The first-order valence-corrected chi connectivity index (χ1v) is 20.5. The van der Waals surface area contributed by atoms with Crippen molar-refractivity contribution in [2.75, 3.05) is 7.11 Å². The topological polar surface area (TPSA) is 39.9 Å². The van der Waals surface area contributed by atoms with Crippen LogP contribution in [0.2, 0.25) is 0 Å². The molecule has 60 heavy (non-hydrogen) atoms. The lowest BCUT2D eigenvalue weighted by Gasteiger charge is -2.24. The number of nitrogens with zero attached hydrogens (tertiary/aromatic N) is 3. The van der Waals surface area contributed by atoms with Gasteiger partial charge in [0.25, 0.3) is 0 Å². The SMILES string of the molecule is COc1cccc2c1c1cc(-c3cccc(-c4nc(-c5ccccc5)cc(-c5ccccc5)n4)c3)ccc1n2-c1ccc(-c2cccc3c2C(C)(C)c2ccccc2-3)cc1. The summed E-state index contributed by atoms with van der Waals surface area (Å²) in [5.41, 5.74) is 18.2. The maximum atomic E-state index is 6.04. The average Bonchev–Trinajstić information content (AvgIpc) is 3.77. The molecule has 0 radical (unpaired) electrons. The van der Waals surface area contributed by atoms with Gasteiger partial charge in [0.1, 0.15) is 5.75 Å². The number of methoxy groups -OCH3 is 1. The van der Waals surface area contributed by atoms with Crippen LogP contribution in [0.5, 0.6) is 5.75 Å². The molecule has 8 aromatic carbocycles. The van der Waals surface area contributed by atoms with Gasteiger partial charge in [0.2, 0.25) is 0 Å². The normalized spacial score (nSPS) is 12.7. The van der Waals surface area contributed by atoms with E-state index in [-0.39, 0.29) is 5.41 Å². The number of fused-ring (bicyclic) bond motifs is 6. The second-order valence-corrected chi connectivity index (χ2v) is 16.1. The Bertz CT molecular complexity index is 3200. The molecule has 0 unspecified atom stereocenters. The fourth-order valence-corrected chi connectivity index (χ4v) is 9.47. The number of hydrogen-bond acceptors (Lipinski definition) is 3. The van der Waals surface area contributed by atoms with Gasteiger partial charge in [-0.3, -0.25) is 0 Å². The Morgan fingerprint density at radius 2 is 1.03 bits per heavy atom. The van der Waals surface area contributed by atoms with Gasteiger partial charge in [0, 0.05) is 38.6 Å². The minimum atomic E-state index is -0.0911. The molecule has 0 aliphatic heterocycles. The van der Waals surface area contributed by atoms with Gasteiger partial charge in [0.15, 0.2) is 5.82 Å². The lowest BCUT2D eigenvalue weighted by Crippen LogP contribution is -2.16. The molecule has 286 valence electrons. The summed E-state index contributed by atoms with van der Waals surface area (Å²) in [5.74, 6) is 1.54. The molecule has 0 N–H and O–H groups in total. The number of ether oxygens (including phenoxy) is 1. The lowest BCUT2D eigenvalue weighted by atomic mass is 9.79. The number of hydrogen-bond donors (Lipinski definition) is 0. The zero-order chi connectivity index (χ0) is 40.4. The summed E-state index contributed by atoms with van der Waals surface area (Å²) in [6.07, 6.45) is 0. The predicted octanol–water partition coefficient (Wildman–Crippen LogP) is 14.2. The number of benzene rings is 8. The molecule has 1 aliphatic rings. The van der Waals surface area contributed by atoms with E-state index in [1.165, 1.54) is 33.4 Å². The zero-order valence-corrected chi connectivity index (χ0v) is 33.7. The van der Waals surface area contributed by atoms with Gasteiger partial charge in [-0.15, -0.1) is 0 Å². The number of rotatable bonds is 7. The molecule has 10 aromatic rings.